The van der Waals surface area contributed by atoms with Crippen LogP contribution in [0.2, 0.25) is 236 Å². The van der Waals surface area contributed by atoms with E-state index < -0.39 is 110 Å². The first-order chi connectivity index (χ1) is 30.2. The van der Waals surface area contributed by atoms with Crippen molar-refractivity contribution in [3.05, 3.63) is 57.6 Å². The monoisotopic (exact) mass is 1320 g/mol. The highest BCUT2D eigenvalue weighted by Gasteiger charge is 2.50. The minimum absolute atomic E-state index is 0.686. The van der Waals surface area contributed by atoms with Gasteiger partial charge >= 0.3 is 0 Å². The van der Waals surface area contributed by atoms with Gasteiger partial charge in [0.25, 0.3) is 0 Å². The molecule has 0 aliphatic carbocycles. The Labute approximate surface area is 470 Å². The second-order valence-electron chi connectivity index (χ2n) is 35.8. The molecule has 0 aromatic heterocycles. The van der Waals surface area contributed by atoms with Crippen molar-refractivity contribution in [2.24, 2.45) is 0 Å². The van der Waals surface area contributed by atoms with Crippen LogP contribution in [0.25, 0.3) is 0 Å². The fourth-order valence-electron chi connectivity index (χ4n) is 16.9. The second kappa shape index (κ2) is 22.2. The van der Waals surface area contributed by atoms with Gasteiger partial charge in [-0.2, -0.15) is 0 Å². The van der Waals surface area contributed by atoms with Gasteiger partial charge in [0, 0.05) is 96.9 Å². The van der Waals surface area contributed by atoms with E-state index in [4.69, 9.17) is 30.6 Å². The molecule has 0 bridgehead atoms. The smallest absolute Gasteiger partial charge is 0.0969 e. The summed E-state index contributed by atoms with van der Waals surface area (Å²) in [6, 6.07) is 12.0. The van der Waals surface area contributed by atoms with Crippen LogP contribution in [0.5, 0.6) is 0 Å². The van der Waals surface area contributed by atoms with Crippen molar-refractivity contribution in [3.8, 4) is 0 Å². The minimum Gasteiger partial charge on any atom is -0.0969 e. The SMILES string of the molecule is C[Si](C)(C)C(c1cc(C([Si](C)(C)C)[Si](C)(C)C)c(/[Si](Br)=[Si](\Br)c2c(C([Si](C)(C)C)[Si](C)(C)C)cc(C([Si](C)(C)C)[Si](C)(C)C)cc2C([Si](C)(C)C)[Si](C)(C)C)c(C([Si](C)(C)C)[Si](C)(C)C)c1)[Si](C)(C)C. The molecular formula is C54H118Br2Si14. The van der Waals surface area contributed by atoms with Gasteiger partial charge in [-0.15, -0.1) is 0 Å². The Morgan fingerprint density at radius 3 is 0.443 bits per heavy atom. The van der Waals surface area contributed by atoms with Crippen LogP contribution < -0.4 is 10.4 Å². The second-order valence-corrected chi connectivity index (χ2v) is 117. The Morgan fingerprint density at radius 1 is 0.229 bits per heavy atom. The molecule has 0 aliphatic heterocycles. The highest BCUT2D eigenvalue weighted by Crippen LogP contribution is 2.47. The fraction of sp³-hybridized carbons (Fsp3) is 0.778. The lowest BCUT2D eigenvalue weighted by molar-refractivity contribution is 1.09. The van der Waals surface area contributed by atoms with Crippen LogP contribution in [0.1, 0.15) is 64.4 Å². The van der Waals surface area contributed by atoms with Crippen LogP contribution in [-0.2, 0) is 0 Å². The van der Waals surface area contributed by atoms with E-state index in [0.29, 0.717) is 20.7 Å². The highest BCUT2D eigenvalue weighted by molar-refractivity contribution is 9.31. The molecule has 2 aromatic rings. The summed E-state index contributed by atoms with van der Waals surface area (Å²) in [7, 11) is -20.4. The normalized spacial score (nSPS) is 15.7. The van der Waals surface area contributed by atoms with Crippen LogP contribution in [0.3, 0.4) is 0 Å². The van der Waals surface area contributed by atoms with E-state index in [9.17, 15) is 0 Å². The van der Waals surface area contributed by atoms with Gasteiger partial charge in [0.2, 0.25) is 0 Å². The fourth-order valence-corrected chi connectivity index (χ4v) is 106. The summed E-state index contributed by atoms with van der Waals surface area (Å²) in [6.07, 6.45) is 0. The molecule has 70 heavy (non-hydrogen) atoms. The van der Waals surface area contributed by atoms with Crippen LogP contribution >= 0.6 is 30.6 Å². The third-order valence-electron chi connectivity index (χ3n) is 15.4. The van der Waals surface area contributed by atoms with Crippen molar-refractivity contribution in [2.75, 3.05) is 0 Å². The van der Waals surface area contributed by atoms with Gasteiger partial charge in [0.15, 0.2) is 0 Å². The number of rotatable bonds is 20. The molecule has 0 nitrogen and oxygen atoms in total. The maximum atomic E-state index is 5.15. The Kier molecular flexibility index (Phi) is 21.7. The third kappa shape index (κ3) is 16.7. The molecule has 0 spiro atoms. The first-order valence-corrected chi connectivity index (χ1v) is 79.1. The summed E-state index contributed by atoms with van der Waals surface area (Å²) in [4.78, 5) is 0. The lowest BCUT2D eigenvalue weighted by Crippen LogP contribution is -2.56. The molecule has 0 saturated carbocycles. The summed E-state index contributed by atoms with van der Waals surface area (Å²) in [5, 5.41) is 7.95. The first-order valence-electron chi connectivity index (χ1n) is 27.6. The number of hydrogen-bond donors (Lipinski definition) is 0. The predicted octanol–water partition coefficient (Wildman–Crippen LogP) is 19.7. The zero-order chi connectivity index (χ0) is 56.1. The van der Waals surface area contributed by atoms with Gasteiger partial charge in [-0.05, 0) is 74.7 Å². The zero-order valence-corrected chi connectivity index (χ0v) is 70.7. The summed E-state index contributed by atoms with van der Waals surface area (Å²) in [6.45, 7) is 96.2. The Morgan fingerprint density at radius 2 is 0.343 bits per heavy atom. The van der Waals surface area contributed by atoms with Crippen molar-refractivity contribution in [1.29, 1.82) is 0 Å². The van der Waals surface area contributed by atoms with Crippen molar-refractivity contribution < 1.29 is 0 Å². The lowest BCUT2D eigenvalue weighted by atomic mass is 10.1. The average molecular weight is 1320 g/mol. The highest BCUT2D eigenvalue weighted by atomic mass is 79.9. The van der Waals surface area contributed by atoms with Crippen LogP contribution in [-0.4, -0.2) is 110 Å². The van der Waals surface area contributed by atoms with Crippen molar-refractivity contribution in [3.63, 3.8) is 0 Å². The van der Waals surface area contributed by atoms with Gasteiger partial charge in [-0.1, -0.05) is 291 Å². The van der Waals surface area contributed by atoms with Gasteiger partial charge < -0.3 is 0 Å². The summed E-state index contributed by atoms with van der Waals surface area (Å²) < 4.78 is 0. The number of halogens is 2. The van der Waals surface area contributed by atoms with Gasteiger partial charge in [0.1, 0.15) is 13.0 Å². The quantitative estimate of drug-likeness (QED) is 0.0916. The van der Waals surface area contributed by atoms with E-state index in [1.165, 1.54) is 0 Å². The van der Waals surface area contributed by atoms with E-state index in [-0.39, 0.29) is 0 Å². The minimum atomic E-state index is -1.74. The first kappa shape index (κ1) is 68.5. The molecule has 0 heterocycles. The molecule has 0 N–H and O–H groups in total. The van der Waals surface area contributed by atoms with E-state index in [1.807, 2.05) is 32.6 Å². The zero-order valence-electron chi connectivity index (χ0n) is 53.5. The Hall–Kier alpha value is 2.44. The van der Waals surface area contributed by atoms with E-state index >= 15 is 0 Å². The standard InChI is InChI=1S/C54H118Br2Si14/c1-59(2,3)49(60(4,5)6)41-37-43(51(63(13,14)15)64(16,17)18)47(44(38-41)52(65(19,20)21)66(22,23)24)57(55)58(56)48-45(53(67(25,26)27)68(28,29)30)39-42(50(61(7,8)9)62(10,11)12)40-46(48)54(69(31,32)33)70(34,35)36/h37-40,49-54H,1-36H3/b58-57+. The van der Waals surface area contributed by atoms with Crippen molar-refractivity contribution >= 4 is 151 Å². The predicted molar refractivity (Wildman–Crippen MR) is 378 cm³/mol. The maximum absolute atomic E-state index is 5.15. The summed E-state index contributed by atoms with van der Waals surface area (Å²) in [5.41, 5.74) is 11.0. The molecule has 0 amide bonds. The summed E-state index contributed by atoms with van der Waals surface area (Å²) in [5.74, 6) is 0. The largest absolute Gasteiger partial charge is 0.123 e. The van der Waals surface area contributed by atoms with Crippen LogP contribution in [0, 0.1) is 0 Å². The molecule has 0 atom stereocenters. The van der Waals surface area contributed by atoms with Crippen LogP contribution in [0.15, 0.2) is 24.3 Å². The Balaban J connectivity index is 4.09. The number of hydrogen-bond acceptors (Lipinski definition) is 0. The lowest BCUT2D eigenvalue weighted by Gasteiger charge is -2.46. The topological polar surface area (TPSA) is 0 Å². The van der Waals surface area contributed by atoms with Crippen molar-refractivity contribution in [1.82, 2.24) is 0 Å². The molecule has 2 rings (SSSR count). The molecular weight excluding hydrogens is 1200 g/mol. The maximum Gasteiger partial charge on any atom is 0.123 e. The Bertz CT molecular complexity index is 1840. The van der Waals surface area contributed by atoms with E-state index in [2.05, 4.69) is 260 Å². The van der Waals surface area contributed by atoms with Gasteiger partial charge in [-0.3, -0.25) is 0 Å². The molecule has 2 aromatic carbocycles. The van der Waals surface area contributed by atoms with Gasteiger partial charge in [0.05, 0.1) is 0 Å². The molecule has 404 valence electrons. The average Bonchev–Trinajstić information content (AvgIpc) is 2.95. The third-order valence-corrected chi connectivity index (χ3v) is 90.5. The number of benzene rings is 2. The summed E-state index contributed by atoms with van der Waals surface area (Å²) >= 11 is 10.3. The molecule has 0 unspecified atom stereocenters. The molecule has 0 fully saturated rings. The van der Waals surface area contributed by atoms with Crippen LogP contribution in [0.4, 0.5) is 0 Å². The molecule has 0 saturated heterocycles. The van der Waals surface area contributed by atoms with Crippen molar-refractivity contribution in [2.45, 2.75) is 267 Å². The van der Waals surface area contributed by atoms with E-state index in [1.54, 1.807) is 11.1 Å². The van der Waals surface area contributed by atoms with E-state index in [0.717, 1.165) is 10.3 Å². The molecule has 0 aliphatic rings. The molecule has 0 radical (unpaired) electrons. The molecule has 16 heteroatoms. The van der Waals surface area contributed by atoms with Gasteiger partial charge in [-0.25, -0.2) is 0 Å².